The van der Waals surface area contributed by atoms with E-state index in [1.807, 2.05) is 54.2 Å². The highest BCUT2D eigenvalue weighted by Gasteiger charge is 2.31. The topological polar surface area (TPSA) is 59.8 Å². The number of hydrogen-bond donors (Lipinski definition) is 1. The largest absolute Gasteiger partial charge is 0.494 e. The van der Waals surface area contributed by atoms with Gasteiger partial charge in [0.05, 0.1) is 17.2 Å². The maximum Gasteiger partial charge on any atom is 0.138 e. The molecular weight excluding hydrogens is 450 g/mol. The first kappa shape index (κ1) is 24.6. The van der Waals surface area contributed by atoms with Crippen LogP contribution >= 0.6 is 11.6 Å². The predicted molar refractivity (Wildman–Crippen MR) is 135 cm³/mol. The van der Waals surface area contributed by atoms with E-state index in [2.05, 4.69) is 22.1 Å². The highest BCUT2D eigenvalue weighted by atomic mass is 35.5. The fourth-order valence-electron chi connectivity index (χ4n) is 4.31. The predicted octanol–water partition coefficient (Wildman–Crippen LogP) is 5.11. The Balaban J connectivity index is 1.24. The molecule has 2 heterocycles. The van der Waals surface area contributed by atoms with Crippen LogP contribution in [0.25, 0.3) is 0 Å². The number of hydrogen-bond acceptors (Lipinski definition) is 5. The molecule has 182 valence electrons. The molecule has 0 bridgehead atoms. The van der Waals surface area contributed by atoms with Gasteiger partial charge in [0.2, 0.25) is 0 Å². The number of benzene rings is 2. The Bertz CT molecular complexity index is 1040. The molecular formula is C27H34ClN3O3. The Labute approximate surface area is 207 Å². The Morgan fingerprint density at radius 3 is 2.85 bits per heavy atom. The number of ether oxygens (including phenoxy) is 2. The average molecular weight is 484 g/mol. The summed E-state index contributed by atoms with van der Waals surface area (Å²) in [6.07, 6.45) is 6.97. The van der Waals surface area contributed by atoms with Gasteiger partial charge in [-0.1, -0.05) is 29.8 Å². The van der Waals surface area contributed by atoms with Crippen molar-refractivity contribution < 1.29 is 14.6 Å². The van der Waals surface area contributed by atoms with Gasteiger partial charge in [0.15, 0.2) is 0 Å². The van der Waals surface area contributed by atoms with Gasteiger partial charge in [0.25, 0.3) is 0 Å². The normalized spacial score (nSPS) is 19.0. The summed E-state index contributed by atoms with van der Waals surface area (Å²) in [6, 6.07) is 15.9. The molecule has 2 aromatic carbocycles. The SMILES string of the molecule is Cc1ccc(Cl)c(OC[C@@]2(O)CCCN(Cc3cccc(OCCCn4cccn4)c3)CC2)c1. The molecule has 1 aliphatic rings. The van der Waals surface area contributed by atoms with Crippen LogP contribution < -0.4 is 9.47 Å². The van der Waals surface area contributed by atoms with Crippen LogP contribution in [0.3, 0.4) is 0 Å². The number of likely N-dealkylation sites (tertiary alicyclic amines) is 1. The summed E-state index contributed by atoms with van der Waals surface area (Å²) in [5.74, 6) is 1.53. The molecule has 0 saturated carbocycles. The van der Waals surface area contributed by atoms with Crippen molar-refractivity contribution in [2.24, 2.45) is 0 Å². The molecule has 34 heavy (non-hydrogen) atoms. The van der Waals surface area contributed by atoms with E-state index in [1.165, 1.54) is 5.56 Å². The second-order valence-electron chi connectivity index (χ2n) is 9.20. The third kappa shape index (κ3) is 7.23. The summed E-state index contributed by atoms with van der Waals surface area (Å²) >= 11 is 6.25. The van der Waals surface area contributed by atoms with E-state index in [0.717, 1.165) is 50.3 Å². The number of aromatic nitrogens is 2. The minimum Gasteiger partial charge on any atom is -0.494 e. The van der Waals surface area contributed by atoms with Gasteiger partial charge in [0.1, 0.15) is 18.1 Å². The van der Waals surface area contributed by atoms with E-state index >= 15 is 0 Å². The summed E-state index contributed by atoms with van der Waals surface area (Å²) in [5, 5.41) is 16.0. The summed E-state index contributed by atoms with van der Waals surface area (Å²) in [6.45, 7) is 6.37. The Morgan fingerprint density at radius 1 is 1.09 bits per heavy atom. The van der Waals surface area contributed by atoms with Crippen molar-refractivity contribution >= 4 is 11.6 Å². The second kappa shape index (κ2) is 11.7. The van der Waals surface area contributed by atoms with Crippen LogP contribution in [0.5, 0.6) is 11.5 Å². The molecule has 1 fully saturated rings. The lowest BCUT2D eigenvalue weighted by Gasteiger charge is -2.27. The Morgan fingerprint density at radius 2 is 2.00 bits per heavy atom. The lowest BCUT2D eigenvalue weighted by atomic mass is 9.96. The van der Waals surface area contributed by atoms with Crippen LogP contribution in [0.2, 0.25) is 5.02 Å². The van der Waals surface area contributed by atoms with Crippen molar-refractivity contribution in [1.29, 1.82) is 0 Å². The summed E-state index contributed by atoms with van der Waals surface area (Å²) in [7, 11) is 0. The van der Waals surface area contributed by atoms with Gasteiger partial charge in [0, 0.05) is 38.4 Å². The van der Waals surface area contributed by atoms with Crippen molar-refractivity contribution in [3.63, 3.8) is 0 Å². The molecule has 7 heteroatoms. The molecule has 0 amide bonds. The first-order valence-electron chi connectivity index (χ1n) is 12.0. The highest BCUT2D eigenvalue weighted by molar-refractivity contribution is 6.32. The zero-order valence-corrected chi connectivity index (χ0v) is 20.6. The number of halogens is 1. The van der Waals surface area contributed by atoms with Crippen LogP contribution in [0.4, 0.5) is 0 Å². The molecule has 6 nitrogen and oxygen atoms in total. The fraction of sp³-hybridized carbons (Fsp3) is 0.444. The van der Waals surface area contributed by atoms with Crippen molar-refractivity contribution in [1.82, 2.24) is 14.7 Å². The smallest absolute Gasteiger partial charge is 0.138 e. The molecule has 1 N–H and O–H groups in total. The maximum absolute atomic E-state index is 11.2. The zero-order chi connectivity index (χ0) is 23.8. The molecule has 1 aromatic heterocycles. The molecule has 1 aliphatic heterocycles. The average Bonchev–Trinajstić information content (AvgIpc) is 3.28. The fourth-order valence-corrected chi connectivity index (χ4v) is 4.48. The molecule has 0 aliphatic carbocycles. The van der Waals surface area contributed by atoms with Crippen molar-refractivity contribution in [3.05, 3.63) is 77.1 Å². The molecule has 1 saturated heterocycles. The van der Waals surface area contributed by atoms with Crippen LogP contribution in [-0.4, -0.2) is 51.7 Å². The van der Waals surface area contributed by atoms with E-state index in [-0.39, 0.29) is 6.61 Å². The highest BCUT2D eigenvalue weighted by Crippen LogP contribution is 2.29. The summed E-state index contributed by atoms with van der Waals surface area (Å²) in [4.78, 5) is 2.40. The molecule has 1 atom stereocenters. The number of aryl methyl sites for hydroxylation is 2. The lowest BCUT2D eigenvalue weighted by Crippen LogP contribution is -2.37. The number of rotatable bonds is 10. The van der Waals surface area contributed by atoms with E-state index in [0.29, 0.717) is 30.2 Å². The van der Waals surface area contributed by atoms with Crippen LogP contribution in [0.15, 0.2) is 60.9 Å². The first-order valence-corrected chi connectivity index (χ1v) is 12.4. The third-order valence-electron chi connectivity index (χ3n) is 6.26. The summed E-state index contributed by atoms with van der Waals surface area (Å²) < 4.78 is 13.8. The quantitative estimate of drug-likeness (QED) is 0.406. The molecule has 0 radical (unpaired) electrons. The van der Waals surface area contributed by atoms with Gasteiger partial charge in [-0.3, -0.25) is 9.58 Å². The van der Waals surface area contributed by atoms with Gasteiger partial charge in [-0.25, -0.2) is 0 Å². The van der Waals surface area contributed by atoms with Gasteiger partial charge in [-0.15, -0.1) is 0 Å². The third-order valence-corrected chi connectivity index (χ3v) is 6.57. The number of aliphatic hydroxyl groups is 1. The van der Waals surface area contributed by atoms with Crippen molar-refractivity contribution in [3.8, 4) is 11.5 Å². The Hall–Kier alpha value is -2.54. The van der Waals surface area contributed by atoms with E-state index in [4.69, 9.17) is 21.1 Å². The van der Waals surface area contributed by atoms with Gasteiger partial charge in [-0.05, 0) is 74.2 Å². The maximum atomic E-state index is 11.2. The van der Waals surface area contributed by atoms with Gasteiger partial charge < -0.3 is 14.6 Å². The standard InChI is InChI=1S/C27H34ClN3O3/c1-22-8-9-25(28)26(18-22)34-21-27(32)10-3-13-30(16-11-27)20-23-6-2-7-24(19-23)33-17-5-15-31-14-4-12-29-31/h2,4,6-9,12,14,18-19,32H,3,5,10-11,13,15-17,20-21H2,1H3/t27-/m1/s1. The van der Waals surface area contributed by atoms with Crippen LogP contribution in [0.1, 0.15) is 36.8 Å². The van der Waals surface area contributed by atoms with Crippen molar-refractivity contribution in [2.45, 2.75) is 51.3 Å². The number of nitrogens with zero attached hydrogens (tertiary/aromatic N) is 3. The summed E-state index contributed by atoms with van der Waals surface area (Å²) in [5.41, 5.74) is 1.46. The molecule has 3 aromatic rings. The molecule has 4 rings (SSSR count). The van der Waals surface area contributed by atoms with Gasteiger partial charge >= 0.3 is 0 Å². The second-order valence-corrected chi connectivity index (χ2v) is 9.60. The van der Waals surface area contributed by atoms with E-state index in [1.54, 1.807) is 6.20 Å². The van der Waals surface area contributed by atoms with E-state index < -0.39 is 5.60 Å². The minimum absolute atomic E-state index is 0.256. The van der Waals surface area contributed by atoms with E-state index in [9.17, 15) is 5.11 Å². The minimum atomic E-state index is -0.846. The monoisotopic (exact) mass is 483 g/mol. The molecule has 0 spiro atoms. The lowest BCUT2D eigenvalue weighted by molar-refractivity contribution is -0.0168. The first-order chi connectivity index (χ1) is 16.5. The van der Waals surface area contributed by atoms with Crippen LogP contribution in [0, 0.1) is 6.92 Å². The zero-order valence-electron chi connectivity index (χ0n) is 19.8. The van der Waals surface area contributed by atoms with Crippen molar-refractivity contribution in [2.75, 3.05) is 26.3 Å². The van der Waals surface area contributed by atoms with Gasteiger partial charge in [-0.2, -0.15) is 5.10 Å². The van der Waals surface area contributed by atoms with Crippen LogP contribution in [-0.2, 0) is 13.1 Å². The Kier molecular flexibility index (Phi) is 8.48. The molecule has 0 unspecified atom stereocenters.